The molecule has 0 aliphatic rings. The molecular formula is C17H15NOS. The van der Waals surface area contributed by atoms with E-state index >= 15 is 0 Å². The molecule has 1 aromatic heterocycles. The molecule has 3 rings (SSSR count). The zero-order valence-corrected chi connectivity index (χ0v) is 12.0. The molecule has 3 aromatic rings. The predicted molar refractivity (Wildman–Crippen MR) is 84.5 cm³/mol. The monoisotopic (exact) mass is 281 g/mol. The predicted octanol–water partition coefficient (Wildman–Crippen LogP) is 4.45. The van der Waals surface area contributed by atoms with Crippen LogP contribution in [0, 0.1) is 6.92 Å². The Morgan fingerprint density at radius 2 is 1.85 bits per heavy atom. The smallest absolute Gasteiger partial charge is 0.173 e. The highest BCUT2D eigenvalue weighted by molar-refractivity contribution is 8.00. The number of benzene rings is 2. The van der Waals surface area contributed by atoms with Gasteiger partial charge < -0.3 is 4.98 Å². The van der Waals surface area contributed by atoms with E-state index in [0.29, 0.717) is 5.75 Å². The van der Waals surface area contributed by atoms with Crippen molar-refractivity contribution in [3.63, 3.8) is 0 Å². The van der Waals surface area contributed by atoms with Crippen molar-refractivity contribution in [1.82, 2.24) is 4.98 Å². The fourth-order valence-electron chi connectivity index (χ4n) is 2.23. The van der Waals surface area contributed by atoms with Crippen LogP contribution in [0.2, 0.25) is 0 Å². The largest absolute Gasteiger partial charge is 0.350 e. The zero-order chi connectivity index (χ0) is 13.9. The molecule has 0 saturated carbocycles. The molecule has 1 N–H and O–H groups in total. The molecule has 2 nitrogen and oxygen atoms in total. The van der Waals surface area contributed by atoms with Crippen LogP contribution in [0.3, 0.4) is 0 Å². The van der Waals surface area contributed by atoms with E-state index in [1.165, 1.54) is 5.39 Å². The molecule has 0 radical (unpaired) electrons. The lowest BCUT2D eigenvalue weighted by Crippen LogP contribution is -2.04. The molecule has 0 aliphatic heterocycles. The summed E-state index contributed by atoms with van der Waals surface area (Å²) >= 11 is 1.55. The first kappa shape index (κ1) is 13.0. The van der Waals surface area contributed by atoms with Crippen molar-refractivity contribution in [3.8, 4) is 0 Å². The summed E-state index contributed by atoms with van der Waals surface area (Å²) in [5.74, 6) is 0.629. The summed E-state index contributed by atoms with van der Waals surface area (Å²) in [4.78, 5) is 15.5. The number of fused-ring (bicyclic) bond motifs is 1. The Balaban J connectivity index is 1.73. The van der Waals surface area contributed by atoms with E-state index in [9.17, 15) is 4.79 Å². The van der Waals surface area contributed by atoms with E-state index in [-0.39, 0.29) is 5.78 Å². The number of aryl methyl sites for hydroxylation is 1. The van der Waals surface area contributed by atoms with Crippen LogP contribution in [-0.4, -0.2) is 16.5 Å². The van der Waals surface area contributed by atoms with Crippen LogP contribution in [0.25, 0.3) is 10.9 Å². The number of thioether (sulfide) groups is 1. The summed E-state index contributed by atoms with van der Waals surface area (Å²) in [5.41, 5.74) is 2.96. The molecule has 100 valence electrons. The van der Waals surface area contributed by atoms with Crippen molar-refractivity contribution in [2.75, 3.05) is 5.75 Å². The Morgan fingerprint density at radius 1 is 1.10 bits per heavy atom. The van der Waals surface area contributed by atoms with Crippen LogP contribution >= 0.6 is 11.8 Å². The fraction of sp³-hybridized carbons (Fsp3) is 0.118. The number of carbonyl (C=O) groups is 1. The second-order valence-corrected chi connectivity index (χ2v) is 5.76. The minimum Gasteiger partial charge on any atom is -0.350 e. The summed E-state index contributed by atoms with van der Waals surface area (Å²) in [7, 11) is 0. The van der Waals surface area contributed by atoms with Gasteiger partial charge in [-0.1, -0.05) is 42.5 Å². The SMILES string of the molecule is Cc1ccccc1C(=O)CSc1cc2ccccc2[nH]1. The molecule has 2 aromatic carbocycles. The molecule has 20 heavy (non-hydrogen) atoms. The molecule has 0 fully saturated rings. The third kappa shape index (κ3) is 2.63. The molecular weight excluding hydrogens is 266 g/mol. The average molecular weight is 281 g/mol. The molecule has 0 unspecified atom stereocenters. The molecule has 1 heterocycles. The van der Waals surface area contributed by atoms with Gasteiger partial charge in [0.25, 0.3) is 0 Å². The van der Waals surface area contributed by atoms with Gasteiger partial charge in [-0.25, -0.2) is 0 Å². The number of Topliss-reactive ketones (excluding diaryl/α,β-unsaturated/α-hetero) is 1. The number of rotatable bonds is 4. The minimum atomic E-state index is 0.173. The Labute approximate surface area is 122 Å². The Kier molecular flexibility index (Phi) is 3.61. The first-order valence-corrected chi connectivity index (χ1v) is 7.52. The average Bonchev–Trinajstić information content (AvgIpc) is 2.88. The van der Waals surface area contributed by atoms with Crippen LogP contribution in [0.4, 0.5) is 0 Å². The second-order valence-electron chi connectivity index (χ2n) is 4.75. The van der Waals surface area contributed by atoms with E-state index in [1.807, 2.05) is 49.4 Å². The highest BCUT2D eigenvalue weighted by Crippen LogP contribution is 2.24. The van der Waals surface area contributed by atoms with Crippen molar-refractivity contribution in [2.24, 2.45) is 0 Å². The van der Waals surface area contributed by atoms with Crippen molar-refractivity contribution in [2.45, 2.75) is 11.9 Å². The van der Waals surface area contributed by atoms with Gasteiger partial charge in [0.15, 0.2) is 5.78 Å². The van der Waals surface area contributed by atoms with Gasteiger partial charge in [0.1, 0.15) is 0 Å². The van der Waals surface area contributed by atoms with Gasteiger partial charge in [0.05, 0.1) is 10.8 Å². The Hall–Kier alpha value is -2.00. The molecule has 0 spiro atoms. The zero-order valence-electron chi connectivity index (χ0n) is 11.2. The Morgan fingerprint density at radius 3 is 2.65 bits per heavy atom. The third-order valence-corrected chi connectivity index (χ3v) is 4.25. The normalized spacial score (nSPS) is 10.8. The van der Waals surface area contributed by atoms with E-state index in [4.69, 9.17) is 0 Å². The van der Waals surface area contributed by atoms with Crippen LogP contribution in [-0.2, 0) is 0 Å². The van der Waals surface area contributed by atoms with Gasteiger partial charge in [-0.2, -0.15) is 0 Å². The summed E-state index contributed by atoms with van der Waals surface area (Å²) in [5, 5.41) is 2.21. The molecule has 0 aliphatic carbocycles. The summed E-state index contributed by atoms with van der Waals surface area (Å²) in [6.45, 7) is 1.97. The number of H-pyrrole nitrogens is 1. The number of carbonyl (C=O) groups excluding carboxylic acids is 1. The molecule has 3 heteroatoms. The maximum absolute atomic E-state index is 12.2. The topological polar surface area (TPSA) is 32.9 Å². The maximum Gasteiger partial charge on any atom is 0.173 e. The number of hydrogen-bond donors (Lipinski definition) is 1. The summed E-state index contributed by atoms with van der Waals surface area (Å²) < 4.78 is 0. The molecule has 0 atom stereocenters. The minimum absolute atomic E-state index is 0.173. The number of aromatic amines is 1. The van der Waals surface area contributed by atoms with Gasteiger partial charge in [-0.3, -0.25) is 4.79 Å². The number of hydrogen-bond acceptors (Lipinski definition) is 2. The lowest BCUT2D eigenvalue weighted by Gasteiger charge is -2.03. The highest BCUT2D eigenvalue weighted by Gasteiger charge is 2.09. The first-order valence-electron chi connectivity index (χ1n) is 6.53. The van der Waals surface area contributed by atoms with Gasteiger partial charge in [-0.15, -0.1) is 11.8 Å². The van der Waals surface area contributed by atoms with Crippen LogP contribution in [0.1, 0.15) is 15.9 Å². The number of ketones is 1. The lowest BCUT2D eigenvalue weighted by atomic mass is 10.1. The van der Waals surface area contributed by atoms with Crippen LogP contribution < -0.4 is 0 Å². The van der Waals surface area contributed by atoms with Crippen LogP contribution in [0.5, 0.6) is 0 Å². The van der Waals surface area contributed by atoms with Crippen molar-refractivity contribution < 1.29 is 4.79 Å². The van der Waals surface area contributed by atoms with Crippen LogP contribution in [0.15, 0.2) is 59.6 Å². The number of para-hydroxylation sites is 1. The lowest BCUT2D eigenvalue weighted by molar-refractivity contribution is 0.102. The molecule has 0 amide bonds. The maximum atomic E-state index is 12.2. The van der Waals surface area contributed by atoms with Crippen molar-refractivity contribution in [3.05, 3.63) is 65.7 Å². The van der Waals surface area contributed by atoms with Gasteiger partial charge >= 0.3 is 0 Å². The third-order valence-electron chi connectivity index (χ3n) is 3.31. The first-order chi connectivity index (χ1) is 9.74. The van der Waals surface area contributed by atoms with Crippen molar-refractivity contribution in [1.29, 1.82) is 0 Å². The highest BCUT2D eigenvalue weighted by atomic mass is 32.2. The molecule has 0 bridgehead atoms. The van der Waals surface area contributed by atoms with Gasteiger partial charge in [-0.05, 0) is 24.6 Å². The number of nitrogens with one attached hydrogen (secondary N) is 1. The molecule has 0 saturated heterocycles. The quantitative estimate of drug-likeness (QED) is 0.566. The van der Waals surface area contributed by atoms with Gasteiger partial charge in [0, 0.05) is 16.5 Å². The fourth-order valence-corrected chi connectivity index (χ4v) is 3.07. The van der Waals surface area contributed by atoms with E-state index in [0.717, 1.165) is 21.7 Å². The second kappa shape index (κ2) is 5.55. The van der Waals surface area contributed by atoms with Gasteiger partial charge in [0.2, 0.25) is 0 Å². The summed E-state index contributed by atoms with van der Waals surface area (Å²) in [6.07, 6.45) is 0. The summed E-state index contributed by atoms with van der Waals surface area (Å²) in [6, 6.07) is 18.0. The van der Waals surface area contributed by atoms with E-state index in [2.05, 4.69) is 17.1 Å². The van der Waals surface area contributed by atoms with Crippen molar-refractivity contribution >= 4 is 28.4 Å². The standard InChI is InChI=1S/C17H15NOS/c1-12-6-2-4-8-14(12)16(19)11-20-17-10-13-7-3-5-9-15(13)18-17/h2-10,18H,11H2,1H3. The van der Waals surface area contributed by atoms with E-state index < -0.39 is 0 Å². The Bertz CT molecular complexity index is 727. The van der Waals surface area contributed by atoms with E-state index in [1.54, 1.807) is 11.8 Å². The number of aromatic nitrogens is 1.